The van der Waals surface area contributed by atoms with Crippen LogP contribution in [0.3, 0.4) is 0 Å². The summed E-state index contributed by atoms with van der Waals surface area (Å²) in [5, 5.41) is 6.74. The van der Waals surface area contributed by atoms with E-state index in [0.29, 0.717) is 5.41 Å². The highest BCUT2D eigenvalue weighted by Gasteiger charge is 2.46. The lowest BCUT2D eigenvalue weighted by Gasteiger charge is -2.10. The van der Waals surface area contributed by atoms with E-state index in [0.717, 1.165) is 16.7 Å². The first-order chi connectivity index (χ1) is 8.75. The average molecular weight is 323 g/mol. The lowest BCUT2D eigenvalue weighted by atomic mass is 10.1. The fourth-order valence-electron chi connectivity index (χ4n) is 2.27. The monoisotopic (exact) mass is 322 g/mol. The maximum atomic E-state index is 4.84. The van der Waals surface area contributed by atoms with Crippen LogP contribution in [0.15, 0.2) is 34.1 Å². The highest BCUT2D eigenvalue weighted by Crippen LogP contribution is 2.49. The molecule has 0 spiro atoms. The van der Waals surface area contributed by atoms with Crippen molar-refractivity contribution in [1.29, 1.82) is 0 Å². The summed E-state index contributed by atoms with van der Waals surface area (Å²) in [6.07, 6.45) is 2.52. The predicted molar refractivity (Wildman–Crippen MR) is 80.1 cm³/mol. The molecule has 0 unspecified atom stereocenters. The van der Waals surface area contributed by atoms with Crippen LogP contribution in [-0.4, -0.2) is 18.6 Å². The molecular weight excluding hydrogens is 308 g/mol. The fourth-order valence-corrected chi connectivity index (χ4v) is 3.83. The molecule has 0 amide bonds. The molecule has 2 nitrogen and oxygen atoms in total. The van der Waals surface area contributed by atoms with E-state index in [2.05, 4.69) is 44.8 Å². The highest BCUT2D eigenvalue weighted by atomic mass is 79.9. The molecule has 0 atom stereocenters. The number of hydrogen-bond donors (Lipinski definition) is 1. The lowest BCUT2D eigenvalue weighted by molar-refractivity contribution is 0.621. The highest BCUT2D eigenvalue weighted by molar-refractivity contribution is 9.10. The van der Waals surface area contributed by atoms with Gasteiger partial charge in [-0.05, 0) is 26.0 Å². The normalized spacial score (nSPS) is 16.8. The van der Waals surface area contributed by atoms with Crippen molar-refractivity contribution in [2.24, 2.45) is 0 Å². The Kier molecular flexibility index (Phi) is 3.26. The van der Waals surface area contributed by atoms with E-state index in [1.807, 2.05) is 13.1 Å². The second kappa shape index (κ2) is 4.76. The van der Waals surface area contributed by atoms with E-state index in [1.54, 1.807) is 11.3 Å². The summed E-state index contributed by atoms with van der Waals surface area (Å²) in [6.45, 7) is 1.04. The molecule has 0 bridgehead atoms. The van der Waals surface area contributed by atoms with Gasteiger partial charge in [0.1, 0.15) is 5.01 Å². The van der Waals surface area contributed by atoms with Crippen molar-refractivity contribution in [1.82, 2.24) is 10.3 Å². The van der Waals surface area contributed by atoms with E-state index in [4.69, 9.17) is 4.98 Å². The van der Waals surface area contributed by atoms with Gasteiger partial charge in [0.05, 0.1) is 5.69 Å². The minimum absolute atomic E-state index is 0.318. The van der Waals surface area contributed by atoms with Gasteiger partial charge in [-0.25, -0.2) is 4.98 Å². The Morgan fingerprint density at radius 1 is 1.39 bits per heavy atom. The number of hydrogen-bond acceptors (Lipinski definition) is 3. The number of rotatable bonds is 4. The standard InChI is InChI=1S/C14H15BrN2S/c1-16-9-14(6-7-14)13-17-12(8-18-13)10-4-2-3-5-11(10)15/h2-5,8,16H,6-7,9H2,1H3. The Labute approximate surface area is 120 Å². The average Bonchev–Trinajstić information content (AvgIpc) is 2.99. The summed E-state index contributed by atoms with van der Waals surface area (Å²) < 4.78 is 1.11. The molecule has 1 aromatic heterocycles. The minimum Gasteiger partial charge on any atom is -0.319 e. The number of nitrogens with zero attached hydrogens (tertiary/aromatic N) is 1. The van der Waals surface area contributed by atoms with Crippen molar-refractivity contribution in [2.75, 3.05) is 13.6 Å². The number of aromatic nitrogens is 1. The van der Waals surface area contributed by atoms with Gasteiger partial charge >= 0.3 is 0 Å². The van der Waals surface area contributed by atoms with E-state index in [1.165, 1.54) is 23.4 Å². The first kappa shape index (κ1) is 12.3. The molecule has 4 heteroatoms. The summed E-state index contributed by atoms with van der Waals surface area (Å²) in [4.78, 5) is 4.84. The molecule has 18 heavy (non-hydrogen) atoms. The molecule has 1 aliphatic carbocycles. The number of benzene rings is 1. The first-order valence-corrected chi connectivity index (χ1v) is 7.78. The van der Waals surface area contributed by atoms with Gasteiger partial charge in [-0.3, -0.25) is 0 Å². The van der Waals surface area contributed by atoms with Gasteiger partial charge in [0.2, 0.25) is 0 Å². The van der Waals surface area contributed by atoms with Crippen molar-refractivity contribution < 1.29 is 0 Å². The van der Waals surface area contributed by atoms with Crippen LogP contribution in [0.2, 0.25) is 0 Å². The zero-order valence-corrected chi connectivity index (χ0v) is 12.6. The van der Waals surface area contributed by atoms with E-state index in [-0.39, 0.29) is 0 Å². The molecule has 2 aromatic rings. The van der Waals surface area contributed by atoms with Gasteiger partial charge in [-0.1, -0.05) is 34.1 Å². The van der Waals surface area contributed by atoms with Crippen LogP contribution in [0.25, 0.3) is 11.3 Å². The molecule has 0 saturated heterocycles. The Balaban J connectivity index is 1.93. The van der Waals surface area contributed by atoms with Crippen LogP contribution in [0.4, 0.5) is 0 Å². The third kappa shape index (κ3) is 2.13. The molecule has 0 radical (unpaired) electrons. The van der Waals surface area contributed by atoms with Crippen LogP contribution in [0.5, 0.6) is 0 Å². The molecule has 0 aliphatic heterocycles. The SMILES string of the molecule is CNCC1(c2nc(-c3ccccc3Br)cs2)CC1. The number of likely N-dealkylation sites (N-methyl/N-ethyl adjacent to an activating group) is 1. The molecule has 1 N–H and O–H groups in total. The van der Waals surface area contributed by atoms with E-state index < -0.39 is 0 Å². The van der Waals surface area contributed by atoms with Crippen molar-refractivity contribution in [2.45, 2.75) is 18.3 Å². The number of nitrogens with one attached hydrogen (secondary N) is 1. The van der Waals surface area contributed by atoms with Gasteiger partial charge in [-0.15, -0.1) is 11.3 Å². The summed E-state index contributed by atoms with van der Waals surface area (Å²) in [5.41, 5.74) is 2.59. The molecule has 1 heterocycles. The zero-order valence-electron chi connectivity index (χ0n) is 10.2. The minimum atomic E-state index is 0.318. The maximum absolute atomic E-state index is 4.84. The second-order valence-electron chi connectivity index (χ2n) is 4.83. The Bertz CT molecular complexity index is 560. The van der Waals surface area contributed by atoms with E-state index in [9.17, 15) is 0 Å². The van der Waals surface area contributed by atoms with Gasteiger partial charge < -0.3 is 5.32 Å². The van der Waals surface area contributed by atoms with Crippen LogP contribution in [0.1, 0.15) is 17.8 Å². The van der Waals surface area contributed by atoms with Crippen LogP contribution >= 0.6 is 27.3 Å². The Morgan fingerprint density at radius 2 is 2.17 bits per heavy atom. The largest absolute Gasteiger partial charge is 0.319 e. The zero-order chi connectivity index (χ0) is 12.6. The summed E-state index contributed by atoms with van der Waals surface area (Å²) in [6, 6.07) is 8.26. The predicted octanol–water partition coefficient (Wildman–Crippen LogP) is 3.82. The van der Waals surface area contributed by atoms with Gasteiger partial charge in [0.25, 0.3) is 0 Å². The summed E-state index contributed by atoms with van der Waals surface area (Å²) in [7, 11) is 2.02. The van der Waals surface area contributed by atoms with Crippen molar-refractivity contribution in [3.8, 4) is 11.3 Å². The smallest absolute Gasteiger partial charge is 0.101 e. The topological polar surface area (TPSA) is 24.9 Å². The number of thiazole rings is 1. The van der Waals surface area contributed by atoms with Crippen molar-refractivity contribution >= 4 is 27.3 Å². The van der Waals surface area contributed by atoms with Crippen LogP contribution in [-0.2, 0) is 5.41 Å². The van der Waals surface area contributed by atoms with Crippen molar-refractivity contribution in [3.63, 3.8) is 0 Å². The van der Waals surface area contributed by atoms with Gasteiger partial charge in [0.15, 0.2) is 0 Å². The van der Waals surface area contributed by atoms with Gasteiger partial charge in [0, 0.05) is 27.4 Å². The molecule has 1 aliphatic rings. The fraction of sp³-hybridized carbons (Fsp3) is 0.357. The Hall–Kier alpha value is -0.710. The quantitative estimate of drug-likeness (QED) is 0.925. The van der Waals surface area contributed by atoms with Gasteiger partial charge in [-0.2, -0.15) is 0 Å². The molecule has 3 rings (SSSR count). The molecular formula is C14H15BrN2S. The molecule has 1 aromatic carbocycles. The van der Waals surface area contributed by atoms with Crippen LogP contribution < -0.4 is 5.32 Å². The van der Waals surface area contributed by atoms with Crippen LogP contribution in [0, 0.1) is 0 Å². The summed E-state index contributed by atoms with van der Waals surface area (Å²) in [5.74, 6) is 0. The molecule has 1 saturated carbocycles. The lowest BCUT2D eigenvalue weighted by Crippen LogP contribution is -2.23. The Morgan fingerprint density at radius 3 is 2.83 bits per heavy atom. The second-order valence-corrected chi connectivity index (χ2v) is 6.54. The number of halogens is 1. The maximum Gasteiger partial charge on any atom is 0.101 e. The molecule has 94 valence electrons. The first-order valence-electron chi connectivity index (χ1n) is 6.11. The third-order valence-corrected chi connectivity index (χ3v) is 5.26. The molecule has 1 fully saturated rings. The third-order valence-electron chi connectivity index (χ3n) is 3.48. The summed E-state index contributed by atoms with van der Waals surface area (Å²) >= 11 is 5.38. The van der Waals surface area contributed by atoms with E-state index >= 15 is 0 Å². The van der Waals surface area contributed by atoms with Crippen molar-refractivity contribution in [3.05, 3.63) is 39.1 Å².